The van der Waals surface area contributed by atoms with Crippen molar-refractivity contribution in [1.29, 1.82) is 0 Å². The Morgan fingerprint density at radius 1 is 1.14 bits per heavy atom. The minimum absolute atomic E-state index is 0. The molecule has 0 unspecified atom stereocenters. The van der Waals surface area contributed by atoms with Crippen molar-refractivity contribution < 1.29 is 17.5 Å². The van der Waals surface area contributed by atoms with Crippen molar-refractivity contribution in [3.63, 3.8) is 0 Å². The van der Waals surface area contributed by atoms with Gasteiger partial charge >= 0.3 is 48.9 Å². The van der Waals surface area contributed by atoms with Crippen LogP contribution < -0.4 is 0 Å². The second-order valence-corrected chi connectivity index (χ2v) is 1.22. The van der Waals surface area contributed by atoms with Crippen LogP contribution in [-0.4, -0.2) is 66.4 Å². The van der Waals surface area contributed by atoms with E-state index < -0.39 is 10.4 Å². The summed E-state index contributed by atoms with van der Waals surface area (Å²) >= 11 is 0. The van der Waals surface area contributed by atoms with E-state index in [1.165, 1.54) is 0 Å². The molecule has 0 fully saturated rings. The first-order valence-corrected chi connectivity index (χ1v) is 2.00. The summed E-state index contributed by atoms with van der Waals surface area (Å²) in [6.45, 7) is 0. The molecule has 0 saturated heterocycles. The molecule has 0 aromatic carbocycles. The molecule has 0 aromatic rings. The number of rotatable bonds is 0. The van der Waals surface area contributed by atoms with Gasteiger partial charge in [-0.3, -0.25) is 8.42 Å². The van der Waals surface area contributed by atoms with Gasteiger partial charge in [-0.2, -0.15) is 0 Å². The Balaban J connectivity index is -0.0000000800. The van der Waals surface area contributed by atoms with E-state index in [1.807, 2.05) is 0 Å². The number of hydrogen-bond donors (Lipinski definition) is 0. The summed E-state index contributed by atoms with van der Waals surface area (Å²) in [6.07, 6.45) is 0. The fourth-order valence-electron chi connectivity index (χ4n) is 0. The molecule has 6 heteroatoms. The third-order valence-corrected chi connectivity index (χ3v) is 0. The van der Waals surface area contributed by atoms with Crippen molar-refractivity contribution in [2.75, 3.05) is 0 Å². The Bertz CT molecular complexity index is 94.9. The van der Waals surface area contributed by atoms with Gasteiger partial charge in [-0.15, -0.1) is 0 Å². The van der Waals surface area contributed by atoms with Gasteiger partial charge in [-0.1, -0.05) is 7.43 Å². The average Bonchev–Trinajstić information content (AvgIpc) is 0.722. The topological polar surface area (TPSA) is 80.3 Å². The zero-order valence-electron chi connectivity index (χ0n) is 2.75. The second kappa shape index (κ2) is 5.58. The first kappa shape index (κ1) is 15.8. The van der Waals surface area contributed by atoms with Crippen molar-refractivity contribution in [2.24, 2.45) is 0 Å². The Labute approximate surface area is 83.0 Å². The zero-order valence-corrected chi connectivity index (χ0v) is 8.01. The molecule has 7 heavy (non-hydrogen) atoms. The standard InChI is InChI=1S/CH4.Ba.H2O4S/c;;1-5(2,3)4/h1H4;;(H2,1,2,3,4)/q;+2;/p-2. The zero-order chi connectivity index (χ0) is 4.50. The Morgan fingerprint density at radius 2 is 1.14 bits per heavy atom. The molecule has 40 valence electrons. The quantitative estimate of drug-likeness (QED) is 0.311. The average molecular weight is 249 g/mol. The Hall–Kier alpha value is 1.44. The van der Waals surface area contributed by atoms with Gasteiger partial charge < -0.3 is 9.11 Å². The molecule has 0 amide bonds. The van der Waals surface area contributed by atoms with Gasteiger partial charge in [0.15, 0.2) is 0 Å². The van der Waals surface area contributed by atoms with Gasteiger partial charge in [0.2, 0.25) is 0 Å². The summed E-state index contributed by atoms with van der Waals surface area (Å²) in [5.74, 6) is 0. The van der Waals surface area contributed by atoms with Crippen molar-refractivity contribution in [1.82, 2.24) is 0 Å². The van der Waals surface area contributed by atoms with Crippen molar-refractivity contribution >= 4 is 59.3 Å². The van der Waals surface area contributed by atoms with Gasteiger partial charge in [0.1, 0.15) is 0 Å². The molecule has 0 spiro atoms. The van der Waals surface area contributed by atoms with Crippen molar-refractivity contribution in [3.05, 3.63) is 0 Å². The van der Waals surface area contributed by atoms with Crippen LogP contribution in [0.3, 0.4) is 0 Å². The SMILES string of the molecule is C.O=S(=O)([O-])[O-].[Ba+2]. The van der Waals surface area contributed by atoms with Gasteiger partial charge in [-0.05, 0) is 0 Å². The molecule has 0 aromatic heterocycles. The van der Waals surface area contributed by atoms with Crippen LogP contribution in [0.5, 0.6) is 0 Å². The van der Waals surface area contributed by atoms with Crippen LogP contribution in [0.4, 0.5) is 0 Å². The van der Waals surface area contributed by atoms with Gasteiger partial charge in [-0.25, -0.2) is 0 Å². The normalized spacial score (nSPS) is 8.29. The minimum Gasteiger partial charge on any atom is -0.759 e. The van der Waals surface area contributed by atoms with E-state index in [0.717, 1.165) is 0 Å². The third-order valence-electron chi connectivity index (χ3n) is 0. The van der Waals surface area contributed by atoms with Crippen molar-refractivity contribution in [3.8, 4) is 0 Å². The monoisotopic (exact) mass is 250 g/mol. The van der Waals surface area contributed by atoms with E-state index in [2.05, 4.69) is 0 Å². The van der Waals surface area contributed by atoms with E-state index >= 15 is 0 Å². The fraction of sp³-hybridized carbons (Fsp3) is 1.00. The summed E-state index contributed by atoms with van der Waals surface area (Å²) in [7, 11) is -5.17. The minimum atomic E-state index is -5.17. The Morgan fingerprint density at radius 3 is 1.14 bits per heavy atom. The summed E-state index contributed by atoms with van der Waals surface area (Å²) in [5.41, 5.74) is 0. The molecule has 0 radical (unpaired) electrons. The predicted molar refractivity (Wildman–Crippen MR) is 23.0 cm³/mol. The largest absolute Gasteiger partial charge is 2.00 e. The first-order valence-electron chi connectivity index (χ1n) is 0.667. The summed E-state index contributed by atoms with van der Waals surface area (Å²) in [6, 6.07) is 0. The van der Waals surface area contributed by atoms with Gasteiger partial charge in [0, 0.05) is 10.4 Å². The molecule has 0 atom stereocenters. The van der Waals surface area contributed by atoms with Crippen LogP contribution in [0.1, 0.15) is 7.43 Å². The summed E-state index contributed by atoms with van der Waals surface area (Å²) < 4.78 is 34.1. The maximum absolute atomic E-state index is 8.52. The van der Waals surface area contributed by atoms with E-state index in [0.29, 0.717) is 0 Å². The fourth-order valence-corrected chi connectivity index (χ4v) is 0. The molecule has 0 aliphatic carbocycles. The van der Waals surface area contributed by atoms with Gasteiger partial charge in [0.25, 0.3) is 0 Å². The van der Waals surface area contributed by atoms with E-state index in [4.69, 9.17) is 17.5 Å². The maximum atomic E-state index is 8.52. The molecule has 0 N–H and O–H groups in total. The molecule has 0 heterocycles. The molecular formula is CH4BaO4S. The van der Waals surface area contributed by atoms with Gasteiger partial charge in [0.05, 0.1) is 0 Å². The first-order chi connectivity index (χ1) is 2.00. The molecular weight excluding hydrogens is 245 g/mol. The molecule has 0 aliphatic rings. The summed E-state index contributed by atoms with van der Waals surface area (Å²) in [5, 5.41) is 0. The number of hydrogen-bond acceptors (Lipinski definition) is 4. The van der Waals surface area contributed by atoms with E-state index in [1.54, 1.807) is 0 Å². The van der Waals surface area contributed by atoms with E-state index in [-0.39, 0.29) is 56.3 Å². The Kier molecular flexibility index (Phi) is 12.6. The molecule has 0 rings (SSSR count). The molecule has 4 nitrogen and oxygen atoms in total. The van der Waals surface area contributed by atoms with Crippen LogP contribution in [-0.2, 0) is 10.4 Å². The molecule has 0 saturated carbocycles. The molecule has 0 aliphatic heterocycles. The van der Waals surface area contributed by atoms with Crippen LogP contribution >= 0.6 is 0 Å². The van der Waals surface area contributed by atoms with Crippen LogP contribution in [0.15, 0.2) is 0 Å². The van der Waals surface area contributed by atoms with Crippen molar-refractivity contribution in [2.45, 2.75) is 7.43 Å². The second-order valence-electron chi connectivity index (χ2n) is 0.408. The van der Waals surface area contributed by atoms with Crippen LogP contribution in [0, 0.1) is 0 Å². The van der Waals surface area contributed by atoms with Crippen LogP contribution in [0.2, 0.25) is 0 Å². The molecule has 0 bridgehead atoms. The predicted octanol–water partition coefficient (Wildman–Crippen LogP) is -1.08. The van der Waals surface area contributed by atoms with Crippen LogP contribution in [0.25, 0.3) is 0 Å². The third kappa shape index (κ3) is 106. The summed E-state index contributed by atoms with van der Waals surface area (Å²) in [4.78, 5) is 0. The van der Waals surface area contributed by atoms with E-state index in [9.17, 15) is 0 Å². The smallest absolute Gasteiger partial charge is 0.759 e. The maximum Gasteiger partial charge on any atom is 2.00 e.